The third kappa shape index (κ3) is 2.57. The first-order valence-corrected chi connectivity index (χ1v) is 5.15. The number of esters is 1. The molecule has 1 aromatic rings. The van der Waals surface area contributed by atoms with Crippen molar-refractivity contribution in [3.63, 3.8) is 0 Å². The van der Waals surface area contributed by atoms with Crippen LogP contribution in [0.2, 0.25) is 0 Å². The molecule has 1 aromatic carbocycles. The van der Waals surface area contributed by atoms with Gasteiger partial charge in [0.05, 0.1) is 0 Å². The number of ether oxygens (including phenoxy) is 2. The highest BCUT2D eigenvalue weighted by molar-refractivity contribution is 5.75. The molecular formula is C12H14O3. The number of carbonyl (C=O) groups excluding carboxylic acids is 1. The van der Waals surface area contributed by atoms with E-state index in [2.05, 4.69) is 12.1 Å². The van der Waals surface area contributed by atoms with Crippen LogP contribution in [0.3, 0.4) is 0 Å². The van der Waals surface area contributed by atoms with Crippen LogP contribution in [0.4, 0.5) is 0 Å². The van der Waals surface area contributed by atoms with Crippen LogP contribution < -0.4 is 0 Å². The molecule has 0 N–H and O–H groups in total. The largest absolute Gasteiger partial charge is 0.434 e. The molecule has 0 amide bonds. The average molecular weight is 206 g/mol. The van der Waals surface area contributed by atoms with E-state index >= 15 is 0 Å². The van der Waals surface area contributed by atoms with E-state index < -0.39 is 6.10 Å². The lowest BCUT2D eigenvalue weighted by atomic mass is 10.1. The molecule has 15 heavy (non-hydrogen) atoms. The van der Waals surface area contributed by atoms with Gasteiger partial charge < -0.3 is 9.47 Å². The van der Waals surface area contributed by atoms with Gasteiger partial charge in [-0.05, 0) is 18.9 Å². The van der Waals surface area contributed by atoms with Crippen LogP contribution in [0, 0.1) is 0 Å². The maximum absolute atomic E-state index is 11.0. The van der Waals surface area contributed by atoms with Crippen molar-refractivity contribution in [2.75, 3.05) is 0 Å². The van der Waals surface area contributed by atoms with Crippen LogP contribution in [-0.4, -0.2) is 18.4 Å². The topological polar surface area (TPSA) is 35.5 Å². The first kappa shape index (κ1) is 10.2. The maximum Gasteiger partial charge on any atom is 0.337 e. The Labute approximate surface area is 89.0 Å². The third-order valence-electron chi connectivity index (χ3n) is 2.45. The molecule has 0 saturated carbocycles. The summed E-state index contributed by atoms with van der Waals surface area (Å²) < 4.78 is 10.4. The van der Waals surface area contributed by atoms with E-state index in [0.717, 1.165) is 12.8 Å². The van der Waals surface area contributed by atoms with E-state index in [4.69, 9.17) is 9.47 Å². The van der Waals surface area contributed by atoms with Gasteiger partial charge in [-0.1, -0.05) is 30.3 Å². The van der Waals surface area contributed by atoms with Gasteiger partial charge in [0.15, 0.2) is 6.10 Å². The molecule has 1 aliphatic rings. The van der Waals surface area contributed by atoms with Crippen molar-refractivity contribution in [2.24, 2.45) is 0 Å². The molecule has 1 saturated heterocycles. The summed E-state index contributed by atoms with van der Waals surface area (Å²) in [5.41, 5.74) is 1.23. The minimum atomic E-state index is -0.411. The molecule has 3 nitrogen and oxygen atoms in total. The SMILES string of the molecule is C[C@H]1O[C@@H](CCc2ccccc2)OC1=O. The first-order valence-electron chi connectivity index (χ1n) is 5.15. The first-order chi connectivity index (χ1) is 7.25. The smallest absolute Gasteiger partial charge is 0.337 e. The highest BCUT2D eigenvalue weighted by Gasteiger charge is 2.30. The fourth-order valence-electron chi connectivity index (χ4n) is 1.59. The Morgan fingerprint density at radius 3 is 2.60 bits per heavy atom. The van der Waals surface area contributed by atoms with E-state index in [1.54, 1.807) is 6.92 Å². The van der Waals surface area contributed by atoms with Crippen molar-refractivity contribution in [2.45, 2.75) is 32.2 Å². The van der Waals surface area contributed by atoms with E-state index in [-0.39, 0.29) is 12.3 Å². The van der Waals surface area contributed by atoms with Gasteiger partial charge in [0, 0.05) is 6.42 Å². The second-order valence-corrected chi connectivity index (χ2v) is 3.67. The molecule has 0 spiro atoms. The number of benzene rings is 1. The van der Waals surface area contributed by atoms with Crippen LogP contribution in [0.25, 0.3) is 0 Å². The van der Waals surface area contributed by atoms with Gasteiger partial charge in [-0.2, -0.15) is 0 Å². The molecule has 0 radical (unpaired) electrons. The minimum Gasteiger partial charge on any atom is -0.434 e. The molecule has 0 aliphatic carbocycles. The summed E-state index contributed by atoms with van der Waals surface area (Å²) in [4.78, 5) is 11.0. The highest BCUT2D eigenvalue weighted by Crippen LogP contribution is 2.17. The summed E-state index contributed by atoms with van der Waals surface area (Å²) in [6.07, 6.45) is 0.810. The van der Waals surface area contributed by atoms with Crippen LogP contribution >= 0.6 is 0 Å². The lowest BCUT2D eigenvalue weighted by Gasteiger charge is -2.08. The Kier molecular flexibility index (Phi) is 3.02. The highest BCUT2D eigenvalue weighted by atomic mass is 16.7. The van der Waals surface area contributed by atoms with Gasteiger partial charge in [-0.25, -0.2) is 4.79 Å². The number of hydrogen-bond acceptors (Lipinski definition) is 3. The average Bonchev–Trinajstić information content (AvgIpc) is 2.57. The van der Waals surface area contributed by atoms with Crippen molar-refractivity contribution >= 4 is 5.97 Å². The predicted molar refractivity (Wildman–Crippen MR) is 55.2 cm³/mol. The van der Waals surface area contributed by atoms with Gasteiger partial charge in [-0.3, -0.25) is 0 Å². The molecular weight excluding hydrogens is 192 g/mol. The molecule has 1 heterocycles. The van der Waals surface area contributed by atoms with E-state index in [0.29, 0.717) is 0 Å². The second-order valence-electron chi connectivity index (χ2n) is 3.67. The molecule has 0 aromatic heterocycles. The Hall–Kier alpha value is -1.35. The van der Waals surface area contributed by atoms with Gasteiger partial charge in [0.1, 0.15) is 0 Å². The Balaban J connectivity index is 1.82. The quantitative estimate of drug-likeness (QED) is 0.709. The van der Waals surface area contributed by atoms with Crippen molar-refractivity contribution in [3.8, 4) is 0 Å². The minimum absolute atomic E-state index is 0.256. The van der Waals surface area contributed by atoms with E-state index in [1.807, 2.05) is 18.2 Å². The number of cyclic esters (lactones) is 1. The Morgan fingerprint density at radius 2 is 2.00 bits per heavy atom. The van der Waals surface area contributed by atoms with Crippen molar-refractivity contribution in [3.05, 3.63) is 35.9 Å². The molecule has 1 aliphatic heterocycles. The number of aryl methyl sites for hydroxylation is 1. The zero-order valence-corrected chi connectivity index (χ0v) is 8.68. The molecule has 2 atom stereocenters. The standard InChI is InChI=1S/C12H14O3/c1-9-12(13)15-11(14-9)8-7-10-5-3-2-4-6-10/h2-6,9,11H,7-8H2,1H3/t9-,11-/m1/s1. The van der Waals surface area contributed by atoms with Gasteiger partial charge >= 0.3 is 5.97 Å². The van der Waals surface area contributed by atoms with Gasteiger partial charge in [0.25, 0.3) is 0 Å². The predicted octanol–water partition coefficient (Wildman–Crippen LogP) is 1.91. The summed E-state index contributed by atoms with van der Waals surface area (Å²) in [5.74, 6) is -0.256. The summed E-state index contributed by atoms with van der Waals surface area (Å²) in [5, 5.41) is 0. The fourth-order valence-corrected chi connectivity index (χ4v) is 1.59. The van der Waals surface area contributed by atoms with Gasteiger partial charge in [-0.15, -0.1) is 0 Å². The molecule has 3 heteroatoms. The normalized spacial score (nSPS) is 25.3. The van der Waals surface area contributed by atoms with E-state index in [9.17, 15) is 4.79 Å². The van der Waals surface area contributed by atoms with Crippen molar-refractivity contribution in [1.29, 1.82) is 0 Å². The summed E-state index contributed by atoms with van der Waals surface area (Å²) in [6, 6.07) is 10.1. The summed E-state index contributed by atoms with van der Waals surface area (Å²) in [6.45, 7) is 1.71. The Bertz CT molecular complexity index is 334. The van der Waals surface area contributed by atoms with Gasteiger partial charge in [0.2, 0.25) is 6.29 Å². The van der Waals surface area contributed by atoms with Crippen molar-refractivity contribution in [1.82, 2.24) is 0 Å². The number of rotatable bonds is 3. The zero-order valence-electron chi connectivity index (χ0n) is 8.68. The monoisotopic (exact) mass is 206 g/mol. The van der Waals surface area contributed by atoms with Crippen LogP contribution in [0.15, 0.2) is 30.3 Å². The van der Waals surface area contributed by atoms with E-state index in [1.165, 1.54) is 5.56 Å². The third-order valence-corrected chi connectivity index (χ3v) is 2.45. The molecule has 1 fully saturated rings. The zero-order chi connectivity index (χ0) is 10.7. The second kappa shape index (κ2) is 4.45. The van der Waals surface area contributed by atoms with Crippen molar-refractivity contribution < 1.29 is 14.3 Å². The summed E-state index contributed by atoms with van der Waals surface area (Å²) >= 11 is 0. The molecule has 2 rings (SSSR count). The lowest BCUT2D eigenvalue weighted by Crippen LogP contribution is -2.10. The number of carbonyl (C=O) groups is 1. The fraction of sp³-hybridized carbons (Fsp3) is 0.417. The van der Waals surface area contributed by atoms with Crippen LogP contribution in [-0.2, 0) is 20.7 Å². The van der Waals surface area contributed by atoms with Crippen LogP contribution in [0.1, 0.15) is 18.9 Å². The molecule has 80 valence electrons. The lowest BCUT2D eigenvalue weighted by molar-refractivity contribution is -0.143. The summed E-state index contributed by atoms with van der Waals surface area (Å²) in [7, 11) is 0. The Morgan fingerprint density at radius 1 is 1.27 bits per heavy atom. The maximum atomic E-state index is 11.0. The number of hydrogen-bond donors (Lipinski definition) is 0. The molecule has 0 unspecified atom stereocenters. The van der Waals surface area contributed by atoms with Crippen LogP contribution in [0.5, 0.6) is 0 Å². The molecule has 0 bridgehead atoms.